The van der Waals surface area contributed by atoms with Crippen molar-refractivity contribution in [2.24, 2.45) is 5.92 Å². The zero-order valence-electron chi connectivity index (χ0n) is 19.3. The average Bonchev–Trinajstić information content (AvgIpc) is 3.29. The fourth-order valence-electron chi connectivity index (χ4n) is 4.73. The molecule has 2 fully saturated rings. The summed E-state index contributed by atoms with van der Waals surface area (Å²) in [6.45, 7) is 3.43. The van der Waals surface area contributed by atoms with Crippen molar-refractivity contribution in [3.63, 3.8) is 0 Å². The van der Waals surface area contributed by atoms with Gasteiger partial charge in [-0.25, -0.2) is 4.39 Å². The van der Waals surface area contributed by atoms with Crippen LogP contribution >= 0.6 is 0 Å². The van der Waals surface area contributed by atoms with E-state index in [1.54, 1.807) is 37.3 Å². The highest BCUT2D eigenvalue weighted by Gasteiger charge is 2.44. The highest BCUT2D eigenvalue weighted by Crippen LogP contribution is 2.40. The number of ether oxygens (including phenoxy) is 2. The van der Waals surface area contributed by atoms with E-state index in [4.69, 9.17) is 9.47 Å². The summed E-state index contributed by atoms with van der Waals surface area (Å²) < 4.78 is 25.4. The standard InChI is InChI=1S/C25H30FN3O4/c1-27-10-12-28(13-11-27)25(31)21-16-29(24(30)18-6-4-5-7-22(18)26)15-20(21)19-14-17(32-2)8-9-23(19)33-3/h4-9,14,20-21H,10-13,15-16H2,1-3H3/t20-,21+/m0/s1. The molecule has 2 heterocycles. The van der Waals surface area contributed by atoms with Crippen molar-refractivity contribution >= 4 is 11.8 Å². The number of nitrogens with zero attached hydrogens (tertiary/aromatic N) is 3. The third kappa shape index (κ3) is 4.66. The molecule has 0 radical (unpaired) electrons. The molecule has 2 amide bonds. The molecule has 33 heavy (non-hydrogen) atoms. The molecule has 0 aliphatic carbocycles. The molecule has 2 aliphatic heterocycles. The Balaban J connectivity index is 1.68. The van der Waals surface area contributed by atoms with E-state index in [0.29, 0.717) is 31.1 Å². The lowest BCUT2D eigenvalue weighted by molar-refractivity contribution is -0.137. The van der Waals surface area contributed by atoms with Gasteiger partial charge in [0.2, 0.25) is 5.91 Å². The lowest BCUT2D eigenvalue weighted by atomic mass is 9.87. The fourth-order valence-corrected chi connectivity index (χ4v) is 4.73. The van der Waals surface area contributed by atoms with Gasteiger partial charge in [-0.2, -0.15) is 0 Å². The Morgan fingerprint density at radius 2 is 1.67 bits per heavy atom. The Bertz CT molecular complexity index is 1020. The monoisotopic (exact) mass is 455 g/mol. The second kappa shape index (κ2) is 9.79. The van der Waals surface area contributed by atoms with Gasteiger partial charge in [-0.1, -0.05) is 12.1 Å². The number of halogens is 1. The summed E-state index contributed by atoms with van der Waals surface area (Å²) >= 11 is 0. The molecule has 0 unspecified atom stereocenters. The van der Waals surface area contributed by atoms with Crippen LogP contribution in [-0.4, -0.2) is 87.0 Å². The summed E-state index contributed by atoms with van der Waals surface area (Å²) in [5.74, 6) is -0.419. The van der Waals surface area contributed by atoms with Crippen LogP contribution < -0.4 is 9.47 Å². The molecular formula is C25H30FN3O4. The average molecular weight is 456 g/mol. The summed E-state index contributed by atoms with van der Waals surface area (Å²) in [6, 6.07) is 11.4. The number of methoxy groups -OCH3 is 2. The molecule has 2 aliphatic rings. The van der Waals surface area contributed by atoms with Gasteiger partial charge >= 0.3 is 0 Å². The minimum atomic E-state index is -0.563. The summed E-state index contributed by atoms with van der Waals surface area (Å²) in [4.78, 5) is 32.5. The Kier molecular flexibility index (Phi) is 6.83. The number of likely N-dealkylation sites (tertiary alicyclic amines) is 1. The molecule has 176 valence electrons. The predicted molar refractivity (Wildman–Crippen MR) is 122 cm³/mol. The van der Waals surface area contributed by atoms with Crippen molar-refractivity contribution < 1.29 is 23.5 Å². The van der Waals surface area contributed by atoms with Crippen molar-refractivity contribution in [3.8, 4) is 11.5 Å². The zero-order chi connectivity index (χ0) is 23.5. The molecule has 4 rings (SSSR count). The second-order valence-electron chi connectivity index (χ2n) is 8.64. The zero-order valence-corrected chi connectivity index (χ0v) is 19.3. The van der Waals surface area contributed by atoms with E-state index in [0.717, 1.165) is 18.7 Å². The Morgan fingerprint density at radius 3 is 2.33 bits per heavy atom. The highest BCUT2D eigenvalue weighted by atomic mass is 19.1. The predicted octanol–water partition coefficient (Wildman–Crippen LogP) is 2.47. The minimum Gasteiger partial charge on any atom is -0.497 e. The van der Waals surface area contributed by atoms with E-state index >= 15 is 0 Å². The molecule has 2 atom stereocenters. The normalized spacial score (nSPS) is 21.2. The van der Waals surface area contributed by atoms with Crippen molar-refractivity contribution in [2.75, 3.05) is 60.5 Å². The molecule has 2 aromatic carbocycles. The van der Waals surface area contributed by atoms with Gasteiger partial charge in [0.05, 0.1) is 25.7 Å². The van der Waals surface area contributed by atoms with Gasteiger partial charge in [-0.3, -0.25) is 9.59 Å². The van der Waals surface area contributed by atoms with Crippen LogP contribution in [0, 0.1) is 11.7 Å². The molecule has 0 bridgehead atoms. The van der Waals surface area contributed by atoms with Crippen LogP contribution in [0.4, 0.5) is 4.39 Å². The Hall–Kier alpha value is -3.13. The number of hydrogen-bond donors (Lipinski definition) is 0. The lowest BCUT2D eigenvalue weighted by Crippen LogP contribution is -2.50. The highest BCUT2D eigenvalue weighted by molar-refractivity contribution is 5.95. The van der Waals surface area contributed by atoms with Crippen LogP contribution in [0.15, 0.2) is 42.5 Å². The first-order chi connectivity index (χ1) is 15.9. The number of rotatable bonds is 5. The number of benzene rings is 2. The van der Waals surface area contributed by atoms with Crippen molar-refractivity contribution in [1.29, 1.82) is 0 Å². The van der Waals surface area contributed by atoms with Gasteiger partial charge in [0, 0.05) is 50.7 Å². The van der Waals surface area contributed by atoms with Crippen LogP contribution in [0.5, 0.6) is 11.5 Å². The largest absolute Gasteiger partial charge is 0.497 e. The van der Waals surface area contributed by atoms with Crippen LogP contribution in [-0.2, 0) is 4.79 Å². The number of likely N-dealkylation sites (N-methyl/N-ethyl adjacent to an activating group) is 1. The third-order valence-corrected chi connectivity index (χ3v) is 6.68. The van der Waals surface area contributed by atoms with Gasteiger partial charge in [0.1, 0.15) is 17.3 Å². The number of carbonyl (C=O) groups is 2. The van der Waals surface area contributed by atoms with E-state index < -0.39 is 17.6 Å². The number of piperazine rings is 1. The molecule has 0 aromatic heterocycles. The maximum atomic E-state index is 14.4. The summed E-state index contributed by atoms with van der Waals surface area (Å²) in [5.41, 5.74) is 0.828. The fraction of sp³-hybridized carbons (Fsp3) is 0.440. The van der Waals surface area contributed by atoms with Crippen LogP contribution in [0.1, 0.15) is 21.8 Å². The molecule has 0 spiro atoms. The van der Waals surface area contributed by atoms with E-state index in [2.05, 4.69) is 4.90 Å². The number of amides is 2. The molecule has 0 saturated carbocycles. The van der Waals surface area contributed by atoms with Crippen molar-refractivity contribution in [3.05, 3.63) is 59.4 Å². The number of hydrogen-bond acceptors (Lipinski definition) is 5. The molecule has 7 nitrogen and oxygen atoms in total. The second-order valence-corrected chi connectivity index (χ2v) is 8.64. The van der Waals surface area contributed by atoms with Crippen LogP contribution in [0.3, 0.4) is 0 Å². The Morgan fingerprint density at radius 1 is 0.939 bits per heavy atom. The third-order valence-electron chi connectivity index (χ3n) is 6.68. The summed E-state index contributed by atoms with van der Waals surface area (Å²) in [5, 5.41) is 0. The molecule has 2 aromatic rings. The summed E-state index contributed by atoms with van der Waals surface area (Å²) in [6.07, 6.45) is 0. The molecule has 2 saturated heterocycles. The van der Waals surface area contributed by atoms with Gasteiger partial charge in [0.25, 0.3) is 5.91 Å². The Labute approximate surface area is 193 Å². The number of carbonyl (C=O) groups excluding carboxylic acids is 2. The van der Waals surface area contributed by atoms with E-state index in [1.165, 1.54) is 12.1 Å². The van der Waals surface area contributed by atoms with Crippen molar-refractivity contribution in [2.45, 2.75) is 5.92 Å². The van der Waals surface area contributed by atoms with Gasteiger partial charge in [-0.05, 0) is 37.4 Å². The minimum absolute atomic E-state index is 0.0153. The maximum Gasteiger partial charge on any atom is 0.256 e. The molecule has 8 heteroatoms. The molecular weight excluding hydrogens is 425 g/mol. The van der Waals surface area contributed by atoms with E-state index in [1.807, 2.05) is 24.1 Å². The first-order valence-electron chi connectivity index (χ1n) is 11.2. The maximum absolute atomic E-state index is 14.4. The van der Waals surface area contributed by atoms with Gasteiger partial charge < -0.3 is 24.2 Å². The SMILES string of the molecule is COc1ccc(OC)c([C@@H]2CN(C(=O)c3ccccc3F)C[C@H]2C(=O)N2CCN(C)CC2)c1. The first-order valence-corrected chi connectivity index (χ1v) is 11.2. The quantitative estimate of drug-likeness (QED) is 0.693. The first kappa shape index (κ1) is 23.0. The summed E-state index contributed by atoms with van der Waals surface area (Å²) in [7, 11) is 5.21. The van der Waals surface area contributed by atoms with E-state index in [9.17, 15) is 14.0 Å². The molecule has 0 N–H and O–H groups in total. The van der Waals surface area contributed by atoms with Gasteiger partial charge in [-0.15, -0.1) is 0 Å². The van der Waals surface area contributed by atoms with E-state index in [-0.39, 0.29) is 23.9 Å². The topological polar surface area (TPSA) is 62.3 Å². The smallest absolute Gasteiger partial charge is 0.256 e. The lowest BCUT2D eigenvalue weighted by Gasteiger charge is -2.35. The van der Waals surface area contributed by atoms with Gasteiger partial charge in [0.15, 0.2) is 0 Å². The van der Waals surface area contributed by atoms with Crippen LogP contribution in [0.25, 0.3) is 0 Å². The van der Waals surface area contributed by atoms with Crippen molar-refractivity contribution in [1.82, 2.24) is 14.7 Å². The van der Waals surface area contributed by atoms with Crippen LogP contribution in [0.2, 0.25) is 0 Å².